The highest BCUT2D eigenvalue weighted by Crippen LogP contribution is 2.22. The van der Waals surface area contributed by atoms with E-state index in [0.29, 0.717) is 11.3 Å². The van der Waals surface area contributed by atoms with Crippen molar-refractivity contribution in [3.8, 4) is 17.6 Å². The topological polar surface area (TPSA) is 62.3 Å². The van der Waals surface area contributed by atoms with E-state index in [1.807, 2.05) is 51.1 Å². The monoisotopic (exact) mass is 375 g/mol. The van der Waals surface area contributed by atoms with Crippen molar-refractivity contribution < 1.29 is 14.6 Å². The van der Waals surface area contributed by atoms with Gasteiger partial charge >= 0.3 is 5.97 Å². The highest BCUT2D eigenvalue weighted by molar-refractivity contribution is 6.04. The molecule has 144 valence electrons. The SMILES string of the molecule is CC(C)(C)OC(=O)c1c[nH]c2ccc(C#CCCCc3cccc(O)c3)cc12. The van der Waals surface area contributed by atoms with Gasteiger partial charge in [-0.3, -0.25) is 0 Å². The Morgan fingerprint density at radius 3 is 2.75 bits per heavy atom. The average molecular weight is 375 g/mol. The van der Waals surface area contributed by atoms with Crippen LogP contribution in [0.25, 0.3) is 10.9 Å². The highest BCUT2D eigenvalue weighted by atomic mass is 16.6. The van der Waals surface area contributed by atoms with Crippen molar-refractivity contribution in [2.75, 3.05) is 0 Å². The van der Waals surface area contributed by atoms with Gasteiger partial charge in [0.15, 0.2) is 0 Å². The van der Waals surface area contributed by atoms with E-state index in [1.54, 1.807) is 18.3 Å². The summed E-state index contributed by atoms with van der Waals surface area (Å²) in [7, 11) is 0. The third kappa shape index (κ3) is 5.17. The summed E-state index contributed by atoms with van der Waals surface area (Å²) < 4.78 is 5.48. The van der Waals surface area contributed by atoms with E-state index in [0.717, 1.165) is 41.3 Å². The molecule has 0 fully saturated rings. The van der Waals surface area contributed by atoms with Gasteiger partial charge in [0.25, 0.3) is 0 Å². The molecule has 0 atom stereocenters. The number of unbranched alkanes of at least 4 members (excludes halogenated alkanes) is 1. The van der Waals surface area contributed by atoms with Crippen molar-refractivity contribution >= 4 is 16.9 Å². The number of fused-ring (bicyclic) bond motifs is 1. The fourth-order valence-corrected chi connectivity index (χ4v) is 2.96. The van der Waals surface area contributed by atoms with Crippen LogP contribution in [0.1, 0.15) is 55.1 Å². The normalized spacial score (nSPS) is 11.1. The number of aromatic amines is 1. The van der Waals surface area contributed by atoms with Crippen LogP contribution in [0.2, 0.25) is 0 Å². The van der Waals surface area contributed by atoms with Gasteiger partial charge in [0.2, 0.25) is 0 Å². The molecule has 2 aromatic carbocycles. The van der Waals surface area contributed by atoms with Crippen molar-refractivity contribution in [3.63, 3.8) is 0 Å². The summed E-state index contributed by atoms with van der Waals surface area (Å²) in [6, 6.07) is 13.1. The highest BCUT2D eigenvalue weighted by Gasteiger charge is 2.20. The molecule has 2 N–H and O–H groups in total. The lowest BCUT2D eigenvalue weighted by Crippen LogP contribution is -2.23. The fourth-order valence-electron chi connectivity index (χ4n) is 2.96. The van der Waals surface area contributed by atoms with Crippen LogP contribution in [-0.4, -0.2) is 21.7 Å². The first-order valence-corrected chi connectivity index (χ1v) is 9.43. The molecule has 0 amide bonds. The van der Waals surface area contributed by atoms with Crippen LogP contribution in [0.5, 0.6) is 5.75 Å². The smallest absolute Gasteiger partial charge is 0.340 e. The molecule has 3 aromatic rings. The Hall–Kier alpha value is -3.19. The van der Waals surface area contributed by atoms with E-state index in [-0.39, 0.29) is 5.97 Å². The number of rotatable bonds is 4. The van der Waals surface area contributed by atoms with Gasteiger partial charge in [0.05, 0.1) is 5.56 Å². The van der Waals surface area contributed by atoms with Gasteiger partial charge in [-0.1, -0.05) is 24.0 Å². The maximum atomic E-state index is 12.4. The first-order valence-electron chi connectivity index (χ1n) is 9.43. The minimum Gasteiger partial charge on any atom is -0.508 e. The van der Waals surface area contributed by atoms with Gasteiger partial charge in [0.1, 0.15) is 11.4 Å². The van der Waals surface area contributed by atoms with Crippen LogP contribution in [0.3, 0.4) is 0 Å². The maximum absolute atomic E-state index is 12.4. The molecule has 0 saturated heterocycles. The number of nitrogens with one attached hydrogen (secondary N) is 1. The Morgan fingerprint density at radius 2 is 2.00 bits per heavy atom. The van der Waals surface area contributed by atoms with Gasteiger partial charge < -0.3 is 14.8 Å². The lowest BCUT2D eigenvalue weighted by Gasteiger charge is -2.19. The standard InChI is InChI=1S/C24H25NO3/c1-24(2,3)28-23(27)21-16-25-22-13-12-18(15-20(21)22)9-6-4-5-8-17-10-7-11-19(26)14-17/h7,10-16,25-26H,4-5,8H2,1-3H3. The first kappa shape index (κ1) is 19.6. The van der Waals surface area contributed by atoms with Gasteiger partial charge in [-0.05, 0) is 69.5 Å². The number of hydrogen-bond donors (Lipinski definition) is 2. The minimum absolute atomic E-state index is 0.296. The molecular formula is C24H25NO3. The Bertz CT molecular complexity index is 1040. The van der Waals surface area contributed by atoms with Crippen molar-refractivity contribution in [2.45, 2.75) is 45.6 Å². The number of aryl methyl sites for hydroxylation is 1. The molecule has 28 heavy (non-hydrogen) atoms. The van der Waals surface area contributed by atoms with Crippen LogP contribution >= 0.6 is 0 Å². The lowest BCUT2D eigenvalue weighted by atomic mass is 10.1. The predicted octanol–water partition coefficient (Wildman–Crippen LogP) is 5.20. The minimum atomic E-state index is -0.534. The van der Waals surface area contributed by atoms with Crippen LogP contribution in [-0.2, 0) is 11.2 Å². The molecule has 1 heterocycles. The number of phenols is 1. The van der Waals surface area contributed by atoms with Gasteiger partial charge in [-0.2, -0.15) is 0 Å². The van der Waals surface area contributed by atoms with E-state index < -0.39 is 5.60 Å². The zero-order valence-corrected chi connectivity index (χ0v) is 16.5. The molecule has 0 aliphatic heterocycles. The number of esters is 1. The van der Waals surface area contributed by atoms with Crippen molar-refractivity contribution in [3.05, 3.63) is 65.4 Å². The second-order valence-corrected chi connectivity index (χ2v) is 7.79. The Balaban J connectivity index is 1.66. The fraction of sp³-hybridized carbons (Fsp3) is 0.292. The summed E-state index contributed by atoms with van der Waals surface area (Å²) in [6.07, 6.45) is 4.25. The van der Waals surface area contributed by atoms with Crippen molar-refractivity contribution in [1.82, 2.24) is 4.98 Å². The quantitative estimate of drug-likeness (QED) is 0.374. The number of carbonyl (C=O) groups is 1. The van der Waals surface area contributed by atoms with Crippen molar-refractivity contribution in [1.29, 1.82) is 0 Å². The van der Waals surface area contributed by atoms with E-state index in [1.165, 1.54) is 0 Å². The molecule has 0 aliphatic rings. The summed E-state index contributed by atoms with van der Waals surface area (Å²) in [5.74, 6) is 6.32. The number of H-pyrrole nitrogens is 1. The van der Waals surface area contributed by atoms with Crippen LogP contribution < -0.4 is 0 Å². The third-order valence-electron chi connectivity index (χ3n) is 4.21. The lowest BCUT2D eigenvalue weighted by molar-refractivity contribution is 0.00719. The molecular weight excluding hydrogens is 350 g/mol. The maximum Gasteiger partial charge on any atom is 0.340 e. The summed E-state index contributed by atoms with van der Waals surface area (Å²) >= 11 is 0. The summed E-state index contributed by atoms with van der Waals surface area (Å²) in [4.78, 5) is 15.5. The third-order valence-corrected chi connectivity index (χ3v) is 4.21. The van der Waals surface area contributed by atoms with E-state index in [2.05, 4.69) is 16.8 Å². The average Bonchev–Trinajstić information content (AvgIpc) is 3.03. The van der Waals surface area contributed by atoms with Crippen LogP contribution in [0.15, 0.2) is 48.7 Å². The molecule has 0 saturated carbocycles. The summed E-state index contributed by atoms with van der Waals surface area (Å²) in [5, 5.41) is 10.3. The zero-order valence-electron chi connectivity index (χ0n) is 16.5. The Morgan fingerprint density at radius 1 is 1.18 bits per heavy atom. The molecule has 0 unspecified atom stereocenters. The number of carbonyl (C=O) groups excluding carboxylic acids is 1. The predicted molar refractivity (Wildman–Crippen MR) is 111 cm³/mol. The molecule has 0 aliphatic carbocycles. The molecule has 1 aromatic heterocycles. The molecule has 4 heteroatoms. The van der Waals surface area contributed by atoms with Gasteiger partial charge in [0, 0.05) is 29.1 Å². The molecule has 0 bridgehead atoms. The van der Waals surface area contributed by atoms with Crippen LogP contribution in [0, 0.1) is 11.8 Å². The van der Waals surface area contributed by atoms with Crippen LogP contribution in [0.4, 0.5) is 0 Å². The van der Waals surface area contributed by atoms with E-state index in [9.17, 15) is 9.90 Å². The van der Waals surface area contributed by atoms with Gasteiger partial charge in [-0.25, -0.2) is 4.79 Å². The number of aromatic hydroxyl groups is 1. The number of ether oxygens (including phenoxy) is 1. The van der Waals surface area contributed by atoms with Crippen molar-refractivity contribution in [2.24, 2.45) is 0 Å². The summed E-state index contributed by atoms with van der Waals surface area (Å²) in [6.45, 7) is 5.56. The Labute approximate surface area is 165 Å². The molecule has 4 nitrogen and oxygen atoms in total. The van der Waals surface area contributed by atoms with Gasteiger partial charge in [-0.15, -0.1) is 0 Å². The molecule has 0 spiro atoms. The number of hydrogen-bond acceptors (Lipinski definition) is 3. The largest absolute Gasteiger partial charge is 0.508 e. The number of phenolic OH excluding ortho intramolecular Hbond substituents is 1. The van der Waals surface area contributed by atoms with E-state index in [4.69, 9.17) is 4.74 Å². The first-order chi connectivity index (χ1) is 13.3. The summed E-state index contributed by atoms with van der Waals surface area (Å²) in [5.41, 5.74) is 2.85. The Kier molecular flexibility index (Phi) is 5.75. The number of benzene rings is 2. The molecule has 3 rings (SSSR count). The second kappa shape index (κ2) is 8.22. The molecule has 0 radical (unpaired) electrons. The number of aromatic nitrogens is 1. The van der Waals surface area contributed by atoms with E-state index >= 15 is 0 Å². The second-order valence-electron chi connectivity index (χ2n) is 7.79. The zero-order chi connectivity index (χ0) is 20.1.